The highest BCUT2D eigenvalue weighted by atomic mass is 32.3. The molecule has 9 nitrogen and oxygen atoms in total. The third kappa shape index (κ3) is 5.24. The van der Waals surface area contributed by atoms with Gasteiger partial charge in [-0.1, -0.05) is 0 Å². The van der Waals surface area contributed by atoms with Gasteiger partial charge in [0.05, 0.1) is 19.2 Å². The van der Waals surface area contributed by atoms with Crippen molar-refractivity contribution in [2.45, 2.75) is 23.8 Å². The number of ether oxygens (including phenoxy) is 1. The molecule has 35 heavy (non-hydrogen) atoms. The molecule has 4 rings (SSSR count). The molecule has 1 aliphatic heterocycles. The van der Waals surface area contributed by atoms with Gasteiger partial charge < -0.3 is 19.5 Å². The first-order valence-corrected chi connectivity index (χ1v) is 13.7. The summed E-state index contributed by atoms with van der Waals surface area (Å²) in [5, 5.41) is 4.91. The van der Waals surface area contributed by atoms with E-state index in [2.05, 4.69) is 15.5 Å². The van der Waals surface area contributed by atoms with Gasteiger partial charge in [-0.25, -0.2) is 19.4 Å². The number of nitrogens with one attached hydrogen (secondary N) is 2. The minimum absolute atomic E-state index is 0.167. The molecule has 1 aromatic carbocycles. The average molecular weight is 503 g/mol. The molecule has 0 aliphatic carbocycles. The molecular weight excluding hydrogens is 475 g/mol. The van der Waals surface area contributed by atoms with Crippen LogP contribution < -0.4 is 15.6 Å². The zero-order chi connectivity index (χ0) is 25.3. The number of carbonyl (C=O) groups excluding carboxylic acids is 2. The summed E-state index contributed by atoms with van der Waals surface area (Å²) in [7, 11) is 0.211. The Bertz CT molecular complexity index is 1330. The number of benzene rings is 1. The first-order valence-electron chi connectivity index (χ1n) is 10.9. The second-order valence-corrected chi connectivity index (χ2v) is 13.1. The van der Waals surface area contributed by atoms with E-state index >= 15 is 0 Å². The number of pyridine rings is 1. The number of H-pyrrole nitrogens is 1. The summed E-state index contributed by atoms with van der Waals surface area (Å²) in [5.41, 5.74) is 1.02. The number of carbonyl (C=O) groups is 2. The van der Waals surface area contributed by atoms with E-state index in [4.69, 9.17) is 9.26 Å². The summed E-state index contributed by atoms with van der Waals surface area (Å²) >= 11 is 0. The highest BCUT2D eigenvalue weighted by Gasteiger charge is 2.37. The summed E-state index contributed by atoms with van der Waals surface area (Å²) in [6.45, 7) is 0.222. The number of halogens is 1. The van der Waals surface area contributed by atoms with Gasteiger partial charge in [-0.05, 0) is 43.0 Å². The van der Waals surface area contributed by atoms with Crippen LogP contribution in [-0.2, 0) is 22.4 Å². The van der Waals surface area contributed by atoms with Crippen LogP contribution in [0, 0.1) is 5.82 Å². The molecule has 0 spiro atoms. The number of aromatic nitrogens is 2. The lowest BCUT2D eigenvalue weighted by molar-refractivity contribution is -0.139. The molecule has 0 unspecified atom stereocenters. The number of anilines is 1. The van der Waals surface area contributed by atoms with Gasteiger partial charge in [0, 0.05) is 41.2 Å². The molecule has 186 valence electrons. The Morgan fingerprint density at radius 3 is 2.66 bits per heavy atom. The molecule has 1 atom stereocenters. The number of amides is 2. The predicted molar refractivity (Wildman–Crippen MR) is 131 cm³/mol. The van der Waals surface area contributed by atoms with Crippen LogP contribution >= 0.6 is 10.0 Å². The Morgan fingerprint density at radius 1 is 1.26 bits per heavy atom. The molecule has 3 heterocycles. The molecule has 3 aromatic rings. The van der Waals surface area contributed by atoms with Crippen LogP contribution in [0.3, 0.4) is 0 Å². The minimum Gasteiger partial charge on any atom is -0.481 e. The number of hydrogen-bond donors (Lipinski definition) is 2. The van der Waals surface area contributed by atoms with E-state index in [0.29, 0.717) is 28.5 Å². The number of methoxy groups -OCH3 is 1. The molecule has 2 amide bonds. The maximum Gasteiger partial charge on any atom is 0.280 e. The summed E-state index contributed by atoms with van der Waals surface area (Å²) in [4.78, 5) is 44.5. The van der Waals surface area contributed by atoms with Gasteiger partial charge in [-0.2, -0.15) is 5.16 Å². The Balaban J connectivity index is 1.65. The molecule has 0 saturated carbocycles. The molecule has 11 heteroatoms. The maximum absolute atomic E-state index is 14.8. The lowest BCUT2D eigenvalue weighted by Crippen LogP contribution is -2.46. The van der Waals surface area contributed by atoms with Crippen molar-refractivity contribution in [3.8, 4) is 5.88 Å². The monoisotopic (exact) mass is 502 g/mol. The average Bonchev–Trinajstić information content (AvgIpc) is 3.21. The number of nitrogens with zero attached hydrogens (tertiary/aromatic N) is 2. The fourth-order valence-electron chi connectivity index (χ4n) is 4.07. The van der Waals surface area contributed by atoms with Gasteiger partial charge in [0.2, 0.25) is 11.8 Å². The summed E-state index contributed by atoms with van der Waals surface area (Å²) < 4.78 is 25.0. The zero-order valence-electron chi connectivity index (χ0n) is 19.9. The first-order chi connectivity index (χ1) is 16.6. The van der Waals surface area contributed by atoms with Gasteiger partial charge in [0.25, 0.3) is 11.5 Å². The van der Waals surface area contributed by atoms with E-state index in [9.17, 15) is 18.8 Å². The van der Waals surface area contributed by atoms with E-state index < -0.39 is 39.3 Å². The van der Waals surface area contributed by atoms with Gasteiger partial charge >= 0.3 is 0 Å². The van der Waals surface area contributed by atoms with Crippen molar-refractivity contribution in [1.29, 1.82) is 0 Å². The second-order valence-electron chi connectivity index (χ2n) is 8.96. The lowest BCUT2D eigenvalue weighted by Gasteiger charge is -2.36. The highest BCUT2D eigenvalue weighted by molar-refractivity contribution is 8.32. The summed E-state index contributed by atoms with van der Waals surface area (Å²) in [6.07, 6.45) is 6.18. The first kappa shape index (κ1) is 24.5. The van der Waals surface area contributed by atoms with Crippen molar-refractivity contribution < 1.29 is 23.2 Å². The highest BCUT2D eigenvalue weighted by Crippen LogP contribution is 2.47. The summed E-state index contributed by atoms with van der Waals surface area (Å²) in [5.74, 6) is -0.722. The molecule has 0 saturated heterocycles. The van der Waals surface area contributed by atoms with Crippen LogP contribution in [0.4, 0.5) is 10.1 Å². The van der Waals surface area contributed by atoms with E-state index in [-0.39, 0.29) is 24.4 Å². The molecular formula is C24H27FN4O5S. The normalized spacial score (nSPS) is 15.9. The fourth-order valence-corrected chi connectivity index (χ4v) is 5.19. The van der Waals surface area contributed by atoms with E-state index in [1.807, 2.05) is 18.8 Å². The lowest BCUT2D eigenvalue weighted by atomic mass is 9.95. The molecule has 2 N–H and O–H groups in total. The molecule has 0 fully saturated rings. The topological polar surface area (TPSA) is 118 Å². The smallest absolute Gasteiger partial charge is 0.280 e. The zero-order valence-corrected chi connectivity index (χ0v) is 20.7. The van der Waals surface area contributed by atoms with Crippen molar-refractivity contribution in [2.75, 3.05) is 37.7 Å². The van der Waals surface area contributed by atoms with Crippen LogP contribution in [0.25, 0.3) is 0 Å². The van der Waals surface area contributed by atoms with Crippen molar-refractivity contribution in [2.24, 2.45) is 0 Å². The standard InChI is InChI=1S/C24H27FN4O5S/c1-33-21-8-6-16-18(27-21)9-10-29(22(31)13-15-12-20(30)28-34-15)23(16)24(32)26-14-5-7-19(17(25)11-14)35(2,3)4/h5-8,11-12,23H,9-10,13H2,1-4H3,(H,26,32)(H,28,30)/t23-/m1/s1. The van der Waals surface area contributed by atoms with Gasteiger partial charge in [-0.3, -0.25) is 14.4 Å². The van der Waals surface area contributed by atoms with Crippen molar-refractivity contribution >= 4 is 27.5 Å². The van der Waals surface area contributed by atoms with Gasteiger partial charge in [-0.15, -0.1) is 0 Å². The predicted octanol–water partition coefficient (Wildman–Crippen LogP) is 2.87. The summed E-state index contributed by atoms with van der Waals surface area (Å²) in [6, 6.07) is 8.14. The number of fused-ring (bicyclic) bond motifs is 1. The fraction of sp³-hybridized carbons (Fsp3) is 0.333. The molecule has 0 bridgehead atoms. The van der Waals surface area contributed by atoms with Crippen LogP contribution in [0.2, 0.25) is 0 Å². The number of hydrogen-bond acceptors (Lipinski definition) is 6. The van der Waals surface area contributed by atoms with E-state index in [0.717, 1.165) is 0 Å². The number of rotatable bonds is 6. The third-order valence-electron chi connectivity index (χ3n) is 5.72. The Kier molecular flexibility index (Phi) is 6.70. The third-order valence-corrected chi connectivity index (χ3v) is 7.37. The van der Waals surface area contributed by atoms with Gasteiger partial charge in [0.15, 0.2) is 0 Å². The Morgan fingerprint density at radius 2 is 2.03 bits per heavy atom. The second kappa shape index (κ2) is 9.57. The molecule has 0 radical (unpaired) electrons. The maximum atomic E-state index is 14.8. The van der Waals surface area contributed by atoms with Gasteiger partial charge in [0.1, 0.15) is 17.6 Å². The van der Waals surface area contributed by atoms with Crippen molar-refractivity contribution in [3.05, 3.63) is 69.6 Å². The molecule has 1 aliphatic rings. The van der Waals surface area contributed by atoms with Crippen LogP contribution in [0.15, 0.2) is 50.6 Å². The van der Waals surface area contributed by atoms with Crippen molar-refractivity contribution in [3.63, 3.8) is 0 Å². The van der Waals surface area contributed by atoms with Crippen LogP contribution in [-0.4, -0.2) is 59.3 Å². The SMILES string of the molecule is COc1ccc2c(n1)CCN(C(=O)Cc1cc(=O)[nH]o1)[C@H]2C(=O)Nc1ccc(S(C)(C)C)c(F)c1. The van der Waals surface area contributed by atoms with E-state index in [1.54, 1.807) is 24.3 Å². The quantitative estimate of drug-likeness (QED) is 0.535. The van der Waals surface area contributed by atoms with Crippen LogP contribution in [0.5, 0.6) is 5.88 Å². The number of aromatic amines is 1. The molecule has 2 aromatic heterocycles. The Labute approximate surface area is 203 Å². The largest absolute Gasteiger partial charge is 0.481 e. The minimum atomic E-state index is -1.29. The Hall–Kier alpha value is -3.60. The van der Waals surface area contributed by atoms with E-state index in [1.165, 1.54) is 24.1 Å². The van der Waals surface area contributed by atoms with Crippen LogP contribution in [0.1, 0.15) is 23.1 Å². The van der Waals surface area contributed by atoms with Crippen molar-refractivity contribution in [1.82, 2.24) is 15.0 Å².